The van der Waals surface area contributed by atoms with Crippen molar-refractivity contribution in [2.24, 2.45) is 11.8 Å². The number of carbonyl (C=O) groups is 2. The molecule has 5 aliphatic rings. The van der Waals surface area contributed by atoms with Crippen molar-refractivity contribution in [3.8, 4) is 5.75 Å². The first kappa shape index (κ1) is 21.9. The Labute approximate surface area is 191 Å². The lowest BCUT2D eigenvalue weighted by molar-refractivity contribution is -0.126. The molecule has 2 amide bonds. The monoisotopic (exact) mass is 465 g/mol. The molecule has 5 fully saturated rings. The van der Waals surface area contributed by atoms with Gasteiger partial charge in [0.15, 0.2) is 6.61 Å². The fourth-order valence-corrected chi connectivity index (χ4v) is 5.86. The molecule has 3 unspecified atom stereocenters. The number of piperidine rings is 1. The van der Waals surface area contributed by atoms with Crippen LogP contribution in [-0.4, -0.2) is 54.3 Å². The normalized spacial score (nSPS) is 33.3. The van der Waals surface area contributed by atoms with Crippen molar-refractivity contribution in [2.75, 3.05) is 19.7 Å². The fourth-order valence-electron chi connectivity index (χ4n) is 5.74. The van der Waals surface area contributed by atoms with Gasteiger partial charge in [0.2, 0.25) is 5.91 Å². The molecule has 1 aromatic carbocycles. The lowest BCUT2D eigenvalue weighted by atomic mass is 9.76. The number of nitrogens with zero attached hydrogens (tertiary/aromatic N) is 1. The van der Waals surface area contributed by atoms with Gasteiger partial charge in [0.05, 0.1) is 17.4 Å². The Hall–Kier alpha value is -1.94. The minimum atomic E-state index is -0.589. The number of nitrogens with one attached hydrogen (secondary N) is 4. The lowest BCUT2D eigenvalue weighted by Gasteiger charge is -2.39. The summed E-state index contributed by atoms with van der Waals surface area (Å²) in [5, 5.41) is 6.17. The molecule has 1 aromatic rings. The van der Waals surface area contributed by atoms with E-state index in [0.29, 0.717) is 25.0 Å². The second kappa shape index (κ2) is 8.78. The van der Waals surface area contributed by atoms with Crippen molar-refractivity contribution in [1.29, 1.82) is 0 Å². The van der Waals surface area contributed by atoms with Crippen molar-refractivity contribution in [2.45, 2.75) is 56.4 Å². The molecule has 0 radical (unpaired) electrons. The number of fused-ring (bicyclic) bond motifs is 2. The highest BCUT2D eigenvalue weighted by Crippen LogP contribution is 2.55. The van der Waals surface area contributed by atoms with Crippen LogP contribution in [0.2, 0.25) is 5.02 Å². The van der Waals surface area contributed by atoms with E-state index in [1.165, 1.54) is 25.0 Å². The number of ether oxygens (including phenoxy) is 1. The summed E-state index contributed by atoms with van der Waals surface area (Å²) >= 11 is 5.66. The van der Waals surface area contributed by atoms with E-state index in [-0.39, 0.29) is 46.8 Å². The van der Waals surface area contributed by atoms with Crippen LogP contribution < -0.4 is 26.2 Å². The molecule has 174 valence electrons. The van der Waals surface area contributed by atoms with Gasteiger partial charge in [-0.25, -0.2) is 15.2 Å². The molecule has 3 atom stereocenters. The zero-order valence-corrected chi connectivity index (χ0v) is 18.6. The maximum Gasteiger partial charge on any atom is 0.258 e. The van der Waals surface area contributed by atoms with Crippen molar-refractivity contribution in [3.05, 3.63) is 29.0 Å². The van der Waals surface area contributed by atoms with Crippen LogP contribution in [0.1, 0.15) is 38.5 Å². The van der Waals surface area contributed by atoms with Gasteiger partial charge in [-0.2, -0.15) is 0 Å². The minimum absolute atomic E-state index is 0.00666. The Morgan fingerprint density at radius 3 is 2.91 bits per heavy atom. The Morgan fingerprint density at radius 2 is 2.09 bits per heavy atom. The Morgan fingerprint density at radius 1 is 1.25 bits per heavy atom. The van der Waals surface area contributed by atoms with Gasteiger partial charge in [-0.05, 0) is 56.6 Å². The number of hydrogen-bond acceptors (Lipinski definition) is 6. The van der Waals surface area contributed by atoms with Crippen molar-refractivity contribution >= 4 is 23.4 Å². The van der Waals surface area contributed by atoms with E-state index in [1.807, 2.05) is 0 Å². The first-order chi connectivity index (χ1) is 15.4. The summed E-state index contributed by atoms with van der Waals surface area (Å²) in [5.41, 5.74) is 6.28. The van der Waals surface area contributed by atoms with Crippen LogP contribution in [0.25, 0.3) is 0 Å². The average molecular weight is 466 g/mol. The van der Waals surface area contributed by atoms with Crippen molar-refractivity contribution < 1.29 is 18.7 Å². The van der Waals surface area contributed by atoms with Gasteiger partial charge in [-0.15, -0.1) is 0 Å². The first-order valence-electron chi connectivity index (χ1n) is 11.4. The molecule has 10 heteroatoms. The van der Waals surface area contributed by atoms with E-state index in [2.05, 4.69) is 26.4 Å². The average Bonchev–Trinajstić information content (AvgIpc) is 3.44. The molecule has 4 N–H and O–H groups in total. The van der Waals surface area contributed by atoms with Gasteiger partial charge in [-0.1, -0.05) is 11.6 Å². The van der Waals surface area contributed by atoms with Crippen LogP contribution in [0.3, 0.4) is 0 Å². The zero-order chi connectivity index (χ0) is 22.3. The highest BCUT2D eigenvalue weighted by atomic mass is 35.5. The Balaban J connectivity index is 1.07. The fraction of sp³-hybridized carbons (Fsp3) is 0.636. The van der Waals surface area contributed by atoms with Gasteiger partial charge in [-0.3, -0.25) is 14.5 Å². The summed E-state index contributed by atoms with van der Waals surface area (Å²) in [5.74, 6) is -0.308. The van der Waals surface area contributed by atoms with Gasteiger partial charge in [0.25, 0.3) is 5.91 Å². The Kier molecular flexibility index (Phi) is 6.00. The van der Waals surface area contributed by atoms with Gasteiger partial charge < -0.3 is 15.4 Å². The lowest BCUT2D eigenvalue weighted by Crippen LogP contribution is -2.53. The molecule has 2 bridgehead atoms. The second-order valence-corrected chi connectivity index (χ2v) is 9.88. The molecule has 2 heterocycles. The molecule has 0 aromatic heterocycles. The van der Waals surface area contributed by atoms with E-state index in [0.717, 1.165) is 31.9 Å². The van der Waals surface area contributed by atoms with Crippen LogP contribution in [0.15, 0.2) is 18.2 Å². The topological polar surface area (TPSA) is 94.7 Å². The standard InChI is InChI=1S/C22H29ClFN5O3/c23-16-5-4-14(7-17(16)24)32-12-20(30)26-22-8-13(9-22)15(10-22)21(31)25-11-19-28-27-18-3-1-2-6-29(18)19/h4-5,7,13,15,18-19,27-28H,1-3,6,8-12H2,(H,25,31)(H,26,30). The molecule has 2 saturated heterocycles. The number of halogens is 2. The van der Waals surface area contributed by atoms with Crippen LogP contribution >= 0.6 is 11.6 Å². The third-order valence-electron chi connectivity index (χ3n) is 7.32. The molecule has 2 aliphatic heterocycles. The third kappa shape index (κ3) is 4.31. The van der Waals surface area contributed by atoms with E-state index in [4.69, 9.17) is 16.3 Å². The van der Waals surface area contributed by atoms with Crippen molar-refractivity contribution in [1.82, 2.24) is 26.4 Å². The quantitative estimate of drug-likeness (QED) is 0.487. The smallest absolute Gasteiger partial charge is 0.258 e. The summed E-state index contributed by atoms with van der Waals surface area (Å²) in [4.78, 5) is 27.6. The van der Waals surface area contributed by atoms with Gasteiger partial charge in [0, 0.05) is 30.6 Å². The third-order valence-corrected chi connectivity index (χ3v) is 7.63. The van der Waals surface area contributed by atoms with E-state index in [1.54, 1.807) is 0 Å². The highest BCUT2D eigenvalue weighted by molar-refractivity contribution is 6.30. The Bertz CT molecular complexity index is 896. The van der Waals surface area contributed by atoms with Crippen LogP contribution in [-0.2, 0) is 9.59 Å². The summed E-state index contributed by atoms with van der Waals surface area (Å²) < 4.78 is 18.9. The predicted octanol–water partition coefficient (Wildman–Crippen LogP) is 1.50. The molecule has 3 aliphatic carbocycles. The van der Waals surface area contributed by atoms with E-state index < -0.39 is 5.82 Å². The number of amides is 2. The van der Waals surface area contributed by atoms with Gasteiger partial charge in [0.1, 0.15) is 11.6 Å². The number of benzene rings is 1. The van der Waals surface area contributed by atoms with Gasteiger partial charge >= 0.3 is 0 Å². The van der Waals surface area contributed by atoms with E-state index in [9.17, 15) is 14.0 Å². The first-order valence-corrected chi connectivity index (χ1v) is 11.7. The molecular formula is C22H29ClFN5O3. The summed E-state index contributed by atoms with van der Waals surface area (Å²) in [7, 11) is 0. The number of rotatable bonds is 7. The summed E-state index contributed by atoms with van der Waals surface area (Å²) in [6, 6.07) is 4.07. The van der Waals surface area contributed by atoms with E-state index >= 15 is 0 Å². The molecule has 3 saturated carbocycles. The molecule has 8 nitrogen and oxygen atoms in total. The molecule has 0 spiro atoms. The number of hydrogen-bond donors (Lipinski definition) is 4. The zero-order valence-electron chi connectivity index (χ0n) is 17.8. The predicted molar refractivity (Wildman–Crippen MR) is 116 cm³/mol. The molecule has 6 rings (SSSR count). The number of carbonyl (C=O) groups excluding carboxylic acids is 2. The highest BCUT2D eigenvalue weighted by Gasteiger charge is 2.58. The maximum atomic E-state index is 13.5. The molecule has 32 heavy (non-hydrogen) atoms. The van der Waals surface area contributed by atoms with Crippen LogP contribution in [0.5, 0.6) is 5.75 Å². The van der Waals surface area contributed by atoms with Crippen molar-refractivity contribution in [3.63, 3.8) is 0 Å². The maximum absolute atomic E-state index is 13.5. The summed E-state index contributed by atoms with van der Waals surface area (Å²) in [6.07, 6.45) is 6.28. The largest absolute Gasteiger partial charge is 0.484 e. The summed E-state index contributed by atoms with van der Waals surface area (Å²) in [6.45, 7) is 1.40. The minimum Gasteiger partial charge on any atom is -0.484 e. The second-order valence-electron chi connectivity index (χ2n) is 9.47. The SMILES string of the molecule is O=C(COc1ccc(Cl)c(F)c1)NC12CC(C1)C(C(=O)NCC1NNC3CCCCN31)C2. The van der Waals surface area contributed by atoms with Crippen LogP contribution in [0, 0.1) is 17.7 Å². The van der Waals surface area contributed by atoms with Crippen LogP contribution in [0.4, 0.5) is 4.39 Å². The molecular weight excluding hydrogens is 437 g/mol. The number of hydrazine groups is 1.